The Morgan fingerprint density at radius 2 is 2.62 bits per heavy atom. The number of carbonyl (C=O) groups is 1. The number of nitrogens with one attached hydrogen (secondary N) is 1. The third kappa shape index (κ3) is 3.02. The molecule has 2 rings (SSSR count). The highest BCUT2D eigenvalue weighted by atomic mass is 32.1. The highest BCUT2D eigenvalue weighted by Crippen LogP contribution is 2.14. The minimum atomic E-state index is 0.00458. The lowest BCUT2D eigenvalue weighted by atomic mass is 10.0. The smallest absolute Gasteiger partial charge is 0.248 e. The first-order chi connectivity index (χ1) is 7.75. The molecule has 2 heterocycles. The zero-order valence-electron chi connectivity index (χ0n) is 9.48. The summed E-state index contributed by atoms with van der Waals surface area (Å²) in [6.45, 7) is 2.15. The summed E-state index contributed by atoms with van der Waals surface area (Å²) in [7, 11) is 1.91. The van der Waals surface area contributed by atoms with E-state index in [0.29, 0.717) is 12.3 Å². The molecule has 0 radical (unpaired) electrons. The van der Waals surface area contributed by atoms with Gasteiger partial charge in [-0.25, -0.2) is 0 Å². The Kier molecular flexibility index (Phi) is 3.90. The second kappa shape index (κ2) is 5.41. The Bertz CT molecular complexity index is 415. The molecule has 1 aromatic rings. The molecule has 88 valence electrons. The summed E-state index contributed by atoms with van der Waals surface area (Å²) < 4.78 is 1.87. The van der Waals surface area contributed by atoms with Gasteiger partial charge in [0.2, 0.25) is 5.91 Å². The molecule has 0 saturated carbocycles. The van der Waals surface area contributed by atoms with Crippen molar-refractivity contribution in [3.05, 3.63) is 16.4 Å². The van der Waals surface area contributed by atoms with Crippen LogP contribution in [0.4, 0.5) is 0 Å². The minimum absolute atomic E-state index is 0.00458. The van der Waals surface area contributed by atoms with Crippen molar-refractivity contribution >= 4 is 17.2 Å². The van der Waals surface area contributed by atoms with Crippen LogP contribution in [0, 0.1) is 5.92 Å². The van der Waals surface area contributed by atoms with Crippen LogP contribution in [0.2, 0.25) is 0 Å². The van der Waals surface area contributed by atoms with Crippen LogP contribution in [0.1, 0.15) is 19.3 Å². The molecule has 1 atom stereocenters. The number of hydrogen-bond donors (Lipinski definition) is 1. The van der Waals surface area contributed by atoms with Gasteiger partial charge in [-0.15, -0.1) is 11.3 Å². The monoisotopic (exact) mass is 239 g/mol. The molecule has 1 aromatic heterocycles. The van der Waals surface area contributed by atoms with Crippen LogP contribution in [0.5, 0.6) is 0 Å². The van der Waals surface area contributed by atoms with E-state index >= 15 is 0 Å². The van der Waals surface area contributed by atoms with Gasteiger partial charge < -0.3 is 9.88 Å². The topological polar surface area (TPSA) is 46.4 Å². The number of carbonyl (C=O) groups excluding carboxylic acids is 1. The predicted molar refractivity (Wildman–Crippen MR) is 64.1 cm³/mol. The molecule has 1 aliphatic heterocycles. The highest BCUT2D eigenvalue weighted by molar-refractivity contribution is 7.07. The van der Waals surface area contributed by atoms with Crippen LogP contribution in [0.15, 0.2) is 16.6 Å². The molecule has 0 bridgehead atoms. The SMILES string of the molecule is Cn1ccsc1=NC(=O)CCC1CCNC1. The van der Waals surface area contributed by atoms with Crippen molar-refractivity contribution in [1.82, 2.24) is 9.88 Å². The van der Waals surface area contributed by atoms with Crippen molar-refractivity contribution in [2.24, 2.45) is 18.0 Å². The van der Waals surface area contributed by atoms with Crippen molar-refractivity contribution in [2.45, 2.75) is 19.3 Å². The van der Waals surface area contributed by atoms with Crippen molar-refractivity contribution in [3.8, 4) is 0 Å². The second-order valence-corrected chi connectivity index (χ2v) is 5.07. The maximum atomic E-state index is 11.6. The van der Waals surface area contributed by atoms with Crippen molar-refractivity contribution in [1.29, 1.82) is 0 Å². The van der Waals surface area contributed by atoms with E-state index in [9.17, 15) is 4.79 Å². The molecule has 16 heavy (non-hydrogen) atoms. The second-order valence-electron chi connectivity index (χ2n) is 4.20. The van der Waals surface area contributed by atoms with Crippen LogP contribution >= 0.6 is 11.3 Å². The van der Waals surface area contributed by atoms with Gasteiger partial charge >= 0.3 is 0 Å². The molecule has 4 nitrogen and oxygen atoms in total. The van der Waals surface area contributed by atoms with E-state index in [-0.39, 0.29) is 5.91 Å². The summed E-state index contributed by atoms with van der Waals surface area (Å²) >= 11 is 1.50. The van der Waals surface area contributed by atoms with Gasteiger partial charge in [-0.3, -0.25) is 4.79 Å². The summed E-state index contributed by atoms with van der Waals surface area (Å²) in [4.78, 5) is 16.5. The van der Waals surface area contributed by atoms with E-state index < -0.39 is 0 Å². The molecule has 1 saturated heterocycles. The van der Waals surface area contributed by atoms with Crippen LogP contribution in [0.3, 0.4) is 0 Å². The molecule has 1 N–H and O–H groups in total. The van der Waals surface area contributed by atoms with E-state index in [2.05, 4.69) is 10.3 Å². The third-order valence-corrected chi connectivity index (χ3v) is 3.76. The van der Waals surface area contributed by atoms with Gasteiger partial charge in [0, 0.05) is 25.0 Å². The fraction of sp³-hybridized carbons (Fsp3) is 0.636. The first-order valence-electron chi connectivity index (χ1n) is 5.64. The van der Waals surface area contributed by atoms with Crippen molar-refractivity contribution in [2.75, 3.05) is 13.1 Å². The lowest BCUT2D eigenvalue weighted by molar-refractivity contribution is -0.118. The molecular weight excluding hydrogens is 222 g/mol. The Morgan fingerprint density at radius 3 is 3.25 bits per heavy atom. The molecule has 0 spiro atoms. The Labute approximate surface area is 99.0 Å². The lowest BCUT2D eigenvalue weighted by Crippen LogP contribution is -2.14. The molecule has 0 aromatic carbocycles. The van der Waals surface area contributed by atoms with E-state index in [1.807, 2.05) is 23.2 Å². The molecule has 1 unspecified atom stereocenters. The number of thiazole rings is 1. The van der Waals surface area contributed by atoms with Gasteiger partial charge in [-0.05, 0) is 31.8 Å². The first kappa shape index (κ1) is 11.5. The number of nitrogens with zero attached hydrogens (tertiary/aromatic N) is 2. The summed E-state index contributed by atoms with van der Waals surface area (Å²) in [5, 5.41) is 5.24. The van der Waals surface area contributed by atoms with Crippen LogP contribution in [-0.4, -0.2) is 23.6 Å². The summed E-state index contributed by atoms with van der Waals surface area (Å²) in [6.07, 6.45) is 4.65. The number of aryl methyl sites for hydroxylation is 1. The average Bonchev–Trinajstić information content (AvgIpc) is 2.88. The van der Waals surface area contributed by atoms with Crippen LogP contribution in [-0.2, 0) is 11.8 Å². The van der Waals surface area contributed by atoms with Gasteiger partial charge in [-0.2, -0.15) is 4.99 Å². The fourth-order valence-electron chi connectivity index (χ4n) is 1.89. The quantitative estimate of drug-likeness (QED) is 0.852. The predicted octanol–water partition coefficient (Wildman–Crippen LogP) is 0.904. The number of rotatable bonds is 3. The zero-order chi connectivity index (χ0) is 11.4. The highest BCUT2D eigenvalue weighted by Gasteiger charge is 2.15. The average molecular weight is 239 g/mol. The van der Waals surface area contributed by atoms with E-state index in [4.69, 9.17) is 0 Å². The zero-order valence-corrected chi connectivity index (χ0v) is 10.3. The van der Waals surface area contributed by atoms with Gasteiger partial charge in [0.15, 0.2) is 4.80 Å². The molecular formula is C11H17N3OS. The number of aromatic nitrogens is 1. The Hall–Kier alpha value is -0.940. The molecule has 1 amide bonds. The van der Waals surface area contributed by atoms with Gasteiger partial charge in [0.1, 0.15) is 0 Å². The summed E-state index contributed by atoms with van der Waals surface area (Å²) in [5.74, 6) is 0.668. The minimum Gasteiger partial charge on any atom is -0.327 e. The maximum absolute atomic E-state index is 11.6. The van der Waals surface area contributed by atoms with Crippen molar-refractivity contribution < 1.29 is 4.79 Å². The van der Waals surface area contributed by atoms with Crippen LogP contribution < -0.4 is 10.1 Å². The normalized spacial score (nSPS) is 21.6. The number of amides is 1. The largest absolute Gasteiger partial charge is 0.327 e. The molecule has 1 fully saturated rings. The molecule has 0 aliphatic carbocycles. The van der Waals surface area contributed by atoms with E-state index in [1.165, 1.54) is 17.8 Å². The lowest BCUT2D eigenvalue weighted by Gasteiger charge is -2.04. The van der Waals surface area contributed by atoms with Crippen LogP contribution in [0.25, 0.3) is 0 Å². The number of hydrogen-bond acceptors (Lipinski definition) is 3. The fourth-order valence-corrected chi connectivity index (χ4v) is 2.63. The van der Waals surface area contributed by atoms with Crippen molar-refractivity contribution in [3.63, 3.8) is 0 Å². The third-order valence-electron chi connectivity index (χ3n) is 2.91. The first-order valence-corrected chi connectivity index (χ1v) is 6.52. The molecule has 1 aliphatic rings. The van der Waals surface area contributed by atoms with E-state index in [0.717, 1.165) is 24.3 Å². The van der Waals surface area contributed by atoms with E-state index in [1.54, 1.807) is 0 Å². The summed E-state index contributed by atoms with van der Waals surface area (Å²) in [6, 6.07) is 0. The Balaban J connectivity index is 1.87. The Morgan fingerprint density at radius 1 is 1.75 bits per heavy atom. The standard InChI is InChI=1S/C11H17N3OS/c1-14-6-7-16-11(14)13-10(15)3-2-9-4-5-12-8-9/h6-7,9,12H,2-5,8H2,1H3. The van der Waals surface area contributed by atoms with Gasteiger partial charge in [0.25, 0.3) is 0 Å². The summed E-state index contributed by atoms with van der Waals surface area (Å²) in [5.41, 5.74) is 0. The molecule has 5 heteroatoms. The van der Waals surface area contributed by atoms with Gasteiger partial charge in [-0.1, -0.05) is 0 Å². The van der Waals surface area contributed by atoms with Gasteiger partial charge in [0.05, 0.1) is 0 Å². The maximum Gasteiger partial charge on any atom is 0.248 e.